The highest BCUT2D eigenvalue weighted by atomic mass is 16.6. The molecule has 2 N–H and O–H groups in total. The molecule has 2 heterocycles. The fourth-order valence-electron chi connectivity index (χ4n) is 9.81. The van der Waals surface area contributed by atoms with Crippen molar-refractivity contribution in [3.05, 3.63) is 23.3 Å². The Labute approximate surface area is 197 Å². The van der Waals surface area contributed by atoms with Crippen LogP contribution in [-0.4, -0.2) is 58.7 Å². The number of rotatable bonds is 6. The highest BCUT2D eigenvalue weighted by molar-refractivity contribution is 5.63. The number of phenolic OH excluding ortho intramolecular Hbond substituents is 1. The number of aliphatic hydroxyl groups is 1. The van der Waals surface area contributed by atoms with Crippen LogP contribution < -0.4 is 4.74 Å². The van der Waals surface area contributed by atoms with Crippen molar-refractivity contribution in [3.63, 3.8) is 0 Å². The monoisotopic (exact) mass is 453 g/mol. The molecule has 2 aliphatic heterocycles. The predicted molar refractivity (Wildman–Crippen MR) is 126 cm³/mol. The van der Waals surface area contributed by atoms with E-state index < -0.39 is 11.2 Å². The Bertz CT molecular complexity index is 1000. The van der Waals surface area contributed by atoms with Crippen LogP contribution in [0.4, 0.5) is 0 Å². The summed E-state index contributed by atoms with van der Waals surface area (Å²) in [4.78, 5) is 2.82. The SMILES string of the molecule is CCCC(C)(O)[C@@H]1C[C@]23CCC1(OC)[C@@H]1Oc4c(O)ccc5c4[C@@]12CCN(CC1CC1)[C@@H]3C5. The number of piperidine rings is 1. The molecule has 8 rings (SSSR count). The summed E-state index contributed by atoms with van der Waals surface area (Å²) in [6.07, 6.45) is 9.50. The second-order valence-corrected chi connectivity index (χ2v) is 12.5. The molecule has 5 nitrogen and oxygen atoms in total. The minimum absolute atomic E-state index is 0.0307. The van der Waals surface area contributed by atoms with E-state index in [2.05, 4.69) is 17.9 Å². The van der Waals surface area contributed by atoms with E-state index in [1.165, 1.54) is 30.5 Å². The first-order valence-electron chi connectivity index (χ1n) is 13.4. The number of hydrogen-bond acceptors (Lipinski definition) is 5. The maximum atomic E-state index is 11.9. The van der Waals surface area contributed by atoms with Gasteiger partial charge in [0, 0.05) is 42.0 Å². The molecule has 1 aromatic carbocycles. The molecule has 0 aromatic heterocycles. The normalized spacial score (nSPS) is 44.3. The van der Waals surface area contributed by atoms with Gasteiger partial charge in [0.2, 0.25) is 0 Å². The zero-order chi connectivity index (χ0) is 22.8. The smallest absolute Gasteiger partial charge is 0.165 e. The average Bonchev–Trinajstić information content (AvgIpc) is 3.54. The second-order valence-electron chi connectivity index (χ2n) is 12.5. The standard InChI is InChI=1S/C28H39NO4/c1-4-9-25(2,31)20-15-26-10-11-28(20,32-3)24-27(26)12-13-29(16-17-5-6-17)21(26)14-18-7-8-19(30)23(33-24)22(18)27/h7-8,17,20-21,24,30-31H,4-6,9-16H2,1-3H3/t20-,21+,24+,25?,26-,27-,28?/m0/s1. The lowest BCUT2D eigenvalue weighted by Gasteiger charge is -2.75. The van der Waals surface area contributed by atoms with Gasteiger partial charge in [-0.25, -0.2) is 0 Å². The summed E-state index contributed by atoms with van der Waals surface area (Å²) in [5.41, 5.74) is 1.30. The summed E-state index contributed by atoms with van der Waals surface area (Å²) >= 11 is 0. The number of methoxy groups -OCH3 is 1. The number of nitrogens with zero attached hydrogens (tertiary/aromatic N) is 1. The maximum Gasteiger partial charge on any atom is 0.165 e. The van der Waals surface area contributed by atoms with Gasteiger partial charge in [0.15, 0.2) is 11.5 Å². The summed E-state index contributed by atoms with van der Waals surface area (Å²) in [7, 11) is 1.83. The zero-order valence-electron chi connectivity index (χ0n) is 20.4. The van der Waals surface area contributed by atoms with E-state index in [-0.39, 0.29) is 28.6 Å². The van der Waals surface area contributed by atoms with Gasteiger partial charge in [0.25, 0.3) is 0 Å². The van der Waals surface area contributed by atoms with E-state index in [1.807, 2.05) is 20.1 Å². The molecule has 5 aliphatic carbocycles. The van der Waals surface area contributed by atoms with Crippen LogP contribution in [0.5, 0.6) is 11.5 Å². The second kappa shape index (κ2) is 6.47. The van der Waals surface area contributed by atoms with E-state index in [0.717, 1.165) is 63.2 Å². The van der Waals surface area contributed by atoms with E-state index in [1.54, 1.807) is 0 Å². The van der Waals surface area contributed by atoms with Crippen molar-refractivity contribution in [1.29, 1.82) is 0 Å². The molecule has 1 aromatic rings. The van der Waals surface area contributed by atoms with Gasteiger partial charge in [-0.05, 0) is 82.4 Å². The molecule has 1 saturated heterocycles. The van der Waals surface area contributed by atoms with E-state index in [0.29, 0.717) is 6.04 Å². The molecule has 7 atom stereocenters. The van der Waals surface area contributed by atoms with Crippen molar-refractivity contribution >= 4 is 0 Å². The fourth-order valence-corrected chi connectivity index (χ4v) is 9.81. The number of ether oxygens (including phenoxy) is 2. The lowest BCUT2D eigenvalue weighted by atomic mass is 9.33. The van der Waals surface area contributed by atoms with Crippen LogP contribution in [0.2, 0.25) is 0 Å². The number of fused-ring (bicyclic) bond motifs is 2. The topological polar surface area (TPSA) is 62.2 Å². The van der Waals surface area contributed by atoms with Crippen LogP contribution in [0.3, 0.4) is 0 Å². The minimum Gasteiger partial charge on any atom is -0.504 e. The van der Waals surface area contributed by atoms with Gasteiger partial charge >= 0.3 is 0 Å². The first-order chi connectivity index (χ1) is 15.8. The molecule has 0 amide bonds. The third-order valence-electron chi connectivity index (χ3n) is 11.2. The first kappa shape index (κ1) is 21.0. The lowest BCUT2D eigenvalue weighted by Crippen LogP contribution is -2.82. The summed E-state index contributed by atoms with van der Waals surface area (Å²) < 4.78 is 13.4. The Morgan fingerprint density at radius 3 is 2.79 bits per heavy atom. The van der Waals surface area contributed by atoms with Crippen molar-refractivity contribution in [2.45, 2.75) is 100 Å². The Morgan fingerprint density at radius 1 is 1.24 bits per heavy atom. The van der Waals surface area contributed by atoms with Crippen LogP contribution in [-0.2, 0) is 16.6 Å². The number of likely N-dealkylation sites (tertiary alicyclic amines) is 1. The van der Waals surface area contributed by atoms with Gasteiger partial charge in [-0.1, -0.05) is 19.4 Å². The van der Waals surface area contributed by atoms with Crippen molar-refractivity contribution in [2.75, 3.05) is 20.2 Å². The van der Waals surface area contributed by atoms with E-state index >= 15 is 0 Å². The molecule has 7 aliphatic rings. The number of hydrogen-bond donors (Lipinski definition) is 2. The molecule has 4 bridgehead atoms. The van der Waals surface area contributed by atoms with Crippen LogP contribution in [0.1, 0.15) is 76.3 Å². The molecule has 4 saturated carbocycles. The quantitative estimate of drug-likeness (QED) is 0.677. The summed E-state index contributed by atoms with van der Waals surface area (Å²) in [5, 5.41) is 22.8. The molecule has 2 spiro atoms. The lowest BCUT2D eigenvalue weighted by molar-refractivity contribution is -0.302. The molecular formula is C28H39NO4. The summed E-state index contributed by atoms with van der Waals surface area (Å²) in [6, 6.07) is 4.48. The highest BCUT2D eigenvalue weighted by Gasteiger charge is 2.81. The Hall–Kier alpha value is -1.30. The van der Waals surface area contributed by atoms with Gasteiger partial charge in [-0.3, -0.25) is 4.90 Å². The van der Waals surface area contributed by atoms with Gasteiger partial charge in [-0.15, -0.1) is 0 Å². The largest absolute Gasteiger partial charge is 0.504 e. The average molecular weight is 454 g/mol. The fraction of sp³-hybridized carbons (Fsp3) is 0.786. The molecule has 5 fully saturated rings. The zero-order valence-corrected chi connectivity index (χ0v) is 20.4. The number of aromatic hydroxyl groups is 1. The molecule has 33 heavy (non-hydrogen) atoms. The van der Waals surface area contributed by atoms with Gasteiger partial charge in [0.05, 0.1) is 5.60 Å². The predicted octanol–water partition coefficient (Wildman–Crippen LogP) is 4.17. The van der Waals surface area contributed by atoms with Crippen molar-refractivity contribution in [2.24, 2.45) is 17.3 Å². The van der Waals surface area contributed by atoms with Crippen molar-refractivity contribution < 1.29 is 19.7 Å². The van der Waals surface area contributed by atoms with Crippen LogP contribution in [0.25, 0.3) is 0 Å². The molecular weight excluding hydrogens is 414 g/mol. The third kappa shape index (κ3) is 2.31. The van der Waals surface area contributed by atoms with Crippen LogP contribution >= 0.6 is 0 Å². The Balaban J connectivity index is 1.46. The maximum absolute atomic E-state index is 11.9. The summed E-state index contributed by atoms with van der Waals surface area (Å²) in [5.74, 6) is 1.89. The van der Waals surface area contributed by atoms with Gasteiger partial charge < -0.3 is 19.7 Å². The third-order valence-corrected chi connectivity index (χ3v) is 11.2. The van der Waals surface area contributed by atoms with Crippen LogP contribution in [0.15, 0.2) is 12.1 Å². The molecule has 5 heteroatoms. The van der Waals surface area contributed by atoms with Crippen molar-refractivity contribution in [1.82, 2.24) is 4.90 Å². The number of phenols is 1. The van der Waals surface area contributed by atoms with E-state index in [9.17, 15) is 10.2 Å². The van der Waals surface area contributed by atoms with Crippen LogP contribution in [0, 0.1) is 17.3 Å². The first-order valence-corrected chi connectivity index (χ1v) is 13.4. The van der Waals surface area contributed by atoms with Gasteiger partial charge in [-0.2, -0.15) is 0 Å². The van der Waals surface area contributed by atoms with Crippen molar-refractivity contribution in [3.8, 4) is 11.5 Å². The highest BCUT2D eigenvalue weighted by Crippen LogP contribution is 2.77. The van der Waals surface area contributed by atoms with Gasteiger partial charge in [0.1, 0.15) is 11.7 Å². The van der Waals surface area contributed by atoms with E-state index in [4.69, 9.17) is 9.47 Å². The molecule has 0 radical (unpaired) electrons. The Morgan fingerprint density at radius 2 is 2.06 bits per heavy atom. The Kier molecular flexibility index (Phi) is 4.12. The number of benzene rings is 1. The summed E-state index contributed by atoms with van der Waals surface area (Å²) in [6.45, 7) is 6.53. The molecule has 180 valence electrons. The minimum atomic E-state index is -0.796. The molecule has 2 unspecified atom stereocenters.